The Labute approximate surface area is 142 Å². The summed E-state index contributed by atoms with van der Waals surface area (Å²) in [5, 5.41) is 13.0. The summed E-state index contributed by atoms with van der Waals surface area (Å²) in [6, 6.07) is 4.15. The highest BCUT2D eigenvalue weighted by molar-refractivity contribution is 6.26. The van der Waals surface area contributed by atoms with Gasteiger partial charge in [-0.05, 0) is 61.8 Å². The van der Waals surface area contributed by atoms with Gasteiger partial charge in [0.1, 0.15) is 11.4 Å². The van der Waals surface area contributed by atoms with Gasteiger partial charge in [0.15, 0.2) is 0 Å². The molecule has 0 saturated heterocycles. The molecule has 1 fully saturated rings. The molecule has 2 aliphatic heterocycles. The van der Waals surface area contributed by atoms with Crippen molar-refractivity contribution in [1.82, 2.24) is 0 Å². The highest BCUT2D eigenvalue weighted by Crippen LogP contribution is 2.50. The lowest BCUT2D eigenvalue weighted by atomic mass is 9.77. The van der Waals surface area contributed by atoms with Gasteiger partial charge in [-0.15, -0.1) is 0 Å². The maximum atomic E-state index is 13.0. The average molecular weight is 321 g/mol. The van der Waals surface area contributed by atoms with Crippen LogP contribution in [0.25, 0.3) is 11.6 Å². The van der Waals surface area contributed by atoms with Gasteiger partial charge in [0.2, 0.25) is 11.4 Å². The van der Waals surface area contributed by atoms with Gasteiger partial charge in [-0.3, -0.25) is 0 Å². The Kier molecular flexibility index (Phi) is 2.70. The molecule has 0 amide bonds. The third kappa shape index (κ3) is 1.87. The lowest BCUT2D eigenvalue weighted by Gasteiger charge is -2.31. The Balaban J connectivity index is 1.67. The first-order valence-electron chi connectivity index (χ1n) is 9.10. The number of fused-ring (bicyclic) bond motifs is 5. The van der Waals surface area contributed by atoms with E-state index in [0.717, 1.165) is 64.3 Å². The second kappa shape index (κ2) is 4.53. The second-order valence-corrected chi connectivity index (χ2v) is 8.37. The van der Waals surface area contributed by atoms with Crippen LogP contribution in [-0.4, -0.2) is 16.1 Å². The van der Waals surface area contributed by atoms with Crippen molar-refractivity contribution < 1.29 is 9.48 Å². The molecule has 1 spiro atoms. The van der Waals surface area contributed by atoms with Crippen molar-refractivity contribution in [2.45, 2.75) is 58.0 Å². The van der Waals surface area contributed by atoms with Crippen molar-refractivity contribution in [3.05, 3.63) is 40.6 Å². The molecular weight excluding hydrogens is 298 g/mol. The smallest absolute Gasteiger partial charge is 0.235 e. The van der Waals surface area contributed by atoms with Crippen LogP contribution in [-0.2, 0) is 0 Å². The van der Waals surface area contributed by atoms with Crippen LogP contribution in [0.4, 0.5) is 5.69 Å². The summed E-state index contributed by atoms with van der Waals surface area (Å²) in [6.07, 6.45) is 13.1. The maximum absolute atomic E-state index is 13.0. The van der Waals surface area contributed by atoms with E-state index >= 15 is 0 Å². The van der Waals surface area contributed by atoms with E-state index in [1.54, 1.807) is 0 Å². The zero-order chi connectivity index (χ0) is 16.5. The highest BCUT2D eigenvalue weighted by Gasteiger charge is 2.42. The Bertz CT molecular complexity index is 836. The first-order chi connectivity index (χ1) is 11.5. The summed E-state index contributed by atoms with van der Waals surface area (Å²) in [7, 11) is 0. The molecule has 0 bridgehead atoms. The van der Waals surface area contributed by atoms with Crippen LogP contribution in [0.1, 0.15) is 63.5 Å². The molecule has 4 aliphatic rings. The van der Waals surface area contributed by atoms with Gasteiger partial charge in [-0.2, -0.15) is 4.74 Å². The van der Waals surface area contributed by atoms with E-state index in [2.05, 4.69) is 44.2 Å². The predicted octanol–water partition coefficient (Wildman–Crippen LogP) is 5.20. The van der Waals surface area contributed by atoms with Crippen LogP contribution < -0.4 is 4.74 Å². The van der Waals surface area contributed by atoms with E-state index in [1.165, 1.54) is 12.8 Å². The van der Waals surface area contributed by atoms with Gasteiger partial charge in [-0.1, -0.05) is 19.9 Å². The Hall–Kier alpha value is -2.03. The normalized spacial score (nSPS) is 25.2. The Morgan fingerprint density at radius 3 is 2.71 bits per heavy atom. The van der Waals surface area contributed by atoms with Crippen molar-refractivity contribution in [2.24, 2.45) is 5.41 Å². The van der Waals surface area contributed by atoms with E-state index in [-0.39, 0.29) is 11.0 Å². The molecule has 0 radical (unpaired) electrons. The van der Waals surface area contributed by atoms with Gasteiger partial charge >= 0.3 is 0 Å². The van der Waals surface area contributed by atoms with Crippen molar-refractivity contribution in [1.29, 1.82) is 0 Å². The van der Waals surface area contributed by atoms with Crippen LogP contribution in [0.2, 0.25) is 0 Å². The van der Waals surface area contributed by atoms with Crippen LogP contribution in [0.5, 0.6) is 5.75 Å². The molecular formula is C21H23NO2. The summed E-state index contributed by atoms with van der Waals surface area (Å²) < 4.78 is 7.53. The molecule has 3 heteroatoms. The number of hydrogen-bond donors (Lipinski definition) is 0. The maximum Gasteiger partial charge on any atom is 0.235 e. The molecule has 0 N–H and O–H groups in total. The summed E-state index contributed by atoms with van der Waals surface area (Å²) in [4.78, 5) is 0. The molecule has 0 unspecified atom stereocenters. The summed E-state index contributed by atoms with van der Waals surface area (Å²) in [5.74, 6) is 0.873. The third-order valence-electron chi connectivity index (χ3n) is 6.08. The fourth-order valence-corrected chi connectivity index (χ4v) is 4.71. The van der Waals surface area contributed by atoms with Gasteiger partial charge in [0.05, 0.1) is 16.7 Å². The van der Waals surface area contributed by atoms with E-state index in [1.807, 2.05) is 0 Å². The fraction of sp³-hybridized carbons (Fsp3) is 0.476. The van der Waals surface area contributed by atoms with Gasteiger partial charge in [0, 0.05) is 6.42 Å². The minimum Gasteiger partial charge on any atom is -0.618 e. The van der Waals surface area contributed by atoms with Gasteiger partial charge in [-0.25, -0.2) is 0 Å². The molecule has 1 aromatic rings. The third-order valence-corrected chi connectivity index (χ3v) is 6.08. The minimum atomic E-state index is -0.130. The van der Waals surface area contributed by atoms with Crippen molar-refractivity contribution in [3.8, 4) is 5.75 Å². The molecule has 24 heavy (non-hydrogen) atoms. The van der Waals surface area contributed by atoms with Gasteiger partial charge < -0.3 is 9.94 Å². The SMILES string of the molecule is CC1(C)C=C2C(=[N+]([O-])c3c2ccc2c3C=CC3(CCCC3)O2)CC1. The molecule has 3 nitrogen and oxygen atoms in total. The minimum absolute atomic E-state index is 0.130. The number of rotatable bonds is 0. The summed E-state index contributed by atoms with van der Waals surface area (Å²) in [6.45, 7) is 4.49. The largest absolute Gasteiger partial charge is 0.618 e. The summed E-state index contributed by atoms with van der Waals surface area (Å²) >= 11 is 0. The zero-order valence-electron chi connectivity index (χ0n) is 14.4. The molecule has 1 saturated carbocycles. The van der Waals surface area contributed by atoms with Crippen molar-refractivity contribution in [3.63, 3.8) is 0 Å². The van der Waals surface area contributed by atoms with E-state index in [4.69, 9.17) is 4.74 Å². The summed E-state index contributed by atoms with van der Waals surface area (Å²) in [5.41, 5.74) is 4.89. The number of nitrogens with zero attached hydrogens (tertiary/aromatic N) is 1. The van der Waals surface area contributed by atoms with Gasteiger partial charge in [0.25, 0.3) is 0 Å². The molecule has 5 rings (SSSR count). The number of hydrogen-bond acceptors (Lipinski definition) is 2. The number of ether oxygens (including phenoxy) is 1. The number of benzene rings is 1. The topological polar surface area (TPSA) is 35.3 Å². The van der Waals surface area contributed by atoms with Crippen LogP contribution in [0.3, 0.4) is 0 Å². The van der Waals surface area contributed by atoms with E-state index < -0.39 is 0 Å². The molecule has 2 heterocycles. The number of allylic oxidation sites excluding steroid dienone is 2. The standard InChI is InChI=1S/C21H23NO2/c1-20(2)11-8-17-16(13-20)14-5-6-18-15(19(14)22(17)23)7-12-21(24-18)9-3-4-10-21/h5-7,12-13H,3-4,8-11H2,1-2H3. The van der Waals surface area contributed by atoms with Crippen molar-refractivity contribution >= 4 is 23.0 Å². The predicted molar refractivity (Wildman–Crippen MR) is 96.6 cm³/mol. The van der Waals surface area contributed by atoms with Crippen LogP contribution >= 0.6 is 0 Å². The highest BCUT2D eigenvalue weighted by atomic mass is 16.5. The first-order valence-corrected chi connectivity index (χ1v) is 9.10. The zero-order valence-corrected chi connectivity index (χ0v) is 14.4. The lowest BCUT2D eigenvalue weighted by Crippen LogP contribution is -2.32. The van der Waals surface area contributed by atoms with Crippen LogP contribution in [0, 0.1) is 10.6 Å². The second-order valence-electron chi connectivity index (χ2n) is 8.37. The molecule has 0 atom stereocenters. The van der Waals surface area contributed by atoms with E-state index in [0.29, 0.717) is 0 Å². The monoisotopic (exact) mass is 321 g/mol. The molecule has 1 aromatic carbocycles. The molecule has 0 aromatic heterocycles. The quantitative estimate of drug-likeness (QED) is 0.486. The molecule has 2 aliphatic carbocycles. The first kappa shape index (κ1) is 14.3. The van der Waals surface area contributed by atoms with Crippen molar-refractivity contribution in [2.75, 3.05) is 0 Å². The molecule has 124 valence electrons. The Morgan fingerprint density at radius 2 is 1.92 bits per heavy atom. The lowest BCUT2D eigenvalue weighted by molar-refractivity contribution is -0.358. The van der Waals surface area contributed by atoms with E-state index in [9.17, 15) is 5.21 Å². The van der Waals surface area contributed by atoms with Crippen LogP contribution in [0.15, 0.2) is 24.3 Å². The fourth-order valence-electron chi connectivity index (χ4n) is 4.71. The Morgan fingerprint density at radius 1 is 1.12 bits per heavy atom. The average Bonchev–Trinajstić information content (AvgIpc) is 3.10.